The average molecular weight is 524 g/mol. The summed E-state index contributed by atoms with van der Waals surface area (Å²) in [6, 6.07) is 2.81. The van der Waals surface area contributed by atoms with Gasteiger partial charge >= 0.3 is 11.9 Å². The summed E-state index contributed by atoms with van der Waals surface area (Å²) in [6.07, 6.45) is -2.68. The van der Waals surface area contributed by atoms with Crippen molar-refractivity contribution in [3.63, 3.8) is 0 Å². The molecule has 14 nitrogen and oxygen atoms in total. The maximum atomic E-state index is 13.0. The number of carboxylic acids is 2. The van der Waals surface area contributed by atoms with E-state index in [0.717, 1.165) is 0 Å². The second kappa shape index (κ2) is 15.2. The van der Waals surface area contributed by atoms with Crippen LogP contribution < -0.4 is 27.4 Å². The topological polar surface area (TPSA) is 251 Å². The number of aliphatic carboxylic acids is 2. The molecule has 0 aromatic heterocycles. The van der Waals surface area contributed by atoms with Gasteiger partial charge < -0.3 is 42.7 Å². The van der Waals surface area contributed by atoms with Crippen molar-refractivity contribution in [2.75, 3.05) is 0 Å². The van der Waals surface area contributed by atoms with Gasteiger partial charge in [-0.05, 0) is 25.3 Å². The van der Waals surface area contributed by atoms with Gasteiger partial charge in [-0.25, -0.2) is 4.79 Å². The third-order valence-corrected chi connectivity index (χ3v) is 5.28. The molecule has 0 heterocycles. The highest BCUT2D eigenvalue weighted by Gasteiger charge is 2.32. The van der Waals surface area contributed by atoms with Crippen LogP contribution in [0.25, 0.3) is 0 Å². The molecule has 37 heavy (non-hydrogen) atoms. The van der Waals surface area contributed by atoms with Crippen LogP contribution in [0, 0.1) is 0 Å². The number of hydrogen-bond donors (Lipinski definition) is 8. The zero-order valence-electron chi connectivity index (χ0n) is 20.3. The largest absolute Gasteiger partial charge is 0.481 e. The molecule has 0 radical (unpaired) electrons. The van der Waals surface area contributed by atoms with Gasteiger partial charge in [-0.15, -0.1) is 0 Å². The maximum Gasteiger partial charge on any atom is 0.326 e. The minimum atomic E-state index is -1.54. The third-order valence-electron chi connectivity index (χ3n) is 5.28. The van der Waals surface area contributed by atoms with E-state index in [1.807, 2.05) is 0 Å². The Morgan fingerprint density at radius 1 is 0.838 bits per heavy atom. The number of nitrogens with one attached hydrogen (secondary N) is 3. The number of amides is 4. The summed E-state index contributed by atoms with van der Waals surface area (Å²) in [5, 5.41) is 35.2. The van der Waals surface area contributed by atoms with E-state index in [1.165, 1.54) is 6.92 Å². The first kappa shape index (κ1) is 31.0. The van der Waals surface area contributed by atoms with E-state index in [-0.39, 0.29) is 19.3 Å². The standard InChI is InChI=1S/C23H33N5O9/c1-12(29)19(28-20(33)14(24)7-9-17(25)30)22(35)27-16(11-13-5-3-2-4-6-13)21(34)26-15(23(36)37)8-10-18(31)32/h2-6,12,14-16,19,29H,7-11,24H2,1H3,(H2,25,30)(H,26,34)(H,27,35)(H,28,33)(H,31,32)(H,36,37). The molecule has 14 heteroatoms. The fraction of sp³-hybridized carbons (Fsp3) is 0.478. The lowest BCUT2D eigenvalue weighted by atomic mass is 10.0. The van der Waals surface area contributed by atoms with E-state index in [4.69, 9.17) is 16.6 Å². The number of carbonyl (C=O) groups excluding carboxylic acids is 4. The van der Waals surface area contributed by atoms with Gasteiger partial charge in [0.05, 0.1) is 12.1 Å². The molecule has 1 rings (SSSR count). The van der Waals surface area contributed by atoms with Crippen LogP contribution in [0.2, 0.25) is 0 Å². The van der Waals surface area contributed by atoms with Gasteiger partial charge in [0.2, 0.25) is 23.6 Å². The van der Waals surface area contributed by atoms with E-state index in [2.05, 4.69) is 16.0 Å². The molecule has 4 amide bonds. The Hall–Kier alpha value is -4.04. The highest BCUT2D eigenvalue weighted by molar-refractivity contribution is 5.94. The van der Waals surface area contributed by atoms with Crippen LogP contribution in [-0.2, 0) is 35.2 Å². The van der Waals surface area contributed by atoms with Gasteiger partial charge in [-0.1, -0.05) is 30.3 Å². The quantitative estimate of drug-likeness (QED) is 0.114. The smallest absolute Gasteiger partial charge is 0.326 e. The van der Waals surface area contributed by atoms with Crippen molar-refractivity contribution in [1.29, 1.82) is 0 Å². The number of rotatable bonds is 16. The fourth-order valence-corrected chi connectivity index (χ4v) is 3.21. The first-order valence-corrected chi connectivity index (χ1v) is 11.4. The number of aliphatic hydroxyl groups excluding tert-OH is 1. The minimum absolute atomic E-state index is 0.0811. The van der Waals surface area contributed by atoms with Gasteiger partial charge in [-0.2, -0.15) is 0 Å². The second-order valence-electron chi connectivity index (χ2n) is 8.42. The van der Waals surface area contributed by atoms with Crippen molar-refractivity contribution in [3.05, 3.63) is 35.9 Å². The number of benzene rings is 1. The average Bonchev–Trinajstić information content (AvgIpc) is 2.82. The van der Waals surface area contributed by atoms with E-state index in [1.54, 1.807) is 30.3 Å². The summed E-state index contributed by atoms with van der Waals surface area (Å²) in [5.74, 6) is -6.10. The Labute approximate surface area is 212 Å². The van der Waals surface area contributed by atoms with Gasteiger partial charge in [0, 0.05) is 19.3 Å². The van der Waals surface area contributed by atoms with Crippen LogP contribution in [0.4, 0.5) is 0 Å². The highest BCUT2D eigenvalue weighted by atomic mass is 16.4. The minimum Gasteiger partial charge on any atom is -0.481 e. The monoisotopic (exact) mass is 523 g/mol. The Morgan fingerprint density at radius 3 is 1.95 bits per heavy atom. The predicted molar refractivity (Wildman–Crippen MR) is 129 cm³/mol. The zero-order valence-corrected chi connectivity index (χ0v) is 20.3. The molecule has 204 valence electrons. The molecule has 0 fully saturated rings. The van der Waals surface area contributed by atoms with E-state index in [9.17, 15) is 39.0 Å². The molecule has 0 saturated carbocycles. The van der Waals surface area contributed by atoms with Gasteiger partial charge in [0.15, 0.2) is 0 Å². The number of carbonyl (C=O) groups is 6. The van der Waals surface area contributed by atoms with E-state index < -0.39 is 78.7 Å². The molecule has 0 aliphatic heterocycles. The number of hydrogen-bond acceptors (Lipinski definition) is 8. The molecular weight excluding hydrogens is 490 g/mol. The first-order chi connectivity index (χ1) is 17.3. The van der Waals surface area contributed by atoms with Crippen molar-refractivity contribution in [3.8, 4) is 0 Å². The van der Waals surface area contributed by atoms with Gasteiger partial charge in [-0.3, -0.25) is 24.0 Å². The van der Waals surface area contributed by atoms with Crippen LogP contribution in [-0.4, -0.2) is 81.2 Å². The maximum absolute atomic E-state index is 13.0. The van der Waals surface area contributed by atoms with Crippen molar-refractivity contribution < 1.29 is 44.1 Å². The van der Waals surface area contributed by atoms with Crippen molar-refractivity contribution >= 4 is 35.6 Å². The molecule has 0 saturated heterocycles. The Balaban J connectivity index is 3.06. The zero-order chi connectivity index (χ0) is 28.1. The Kier molecular flexibility index (Phi) is 12.7. The van der Waals surface area contributed by atoms with Crippen LogP contribution in [0.5, 0.6) is 0 Å². The van der Waals surface area contributed by atoms with Gasteiger partial charge in [0.25, 0.3) is 0 Å². The molecule has 5 unspecified atom stereocenters. The first-order valence-electron chi connectivity index (χ1n) is 11.4. The lowest BCUT2D eigenvalue weighted by Gasteiger charge is -2.26. The lowest BCUT2D eigenvalue weighted by Crippen LogP contribution is -2.60. The van der Waals surface area contributed by atoms with E-state index in [0.29, 0.717) is 5.56 Å². The molecule has 0 aliphatic rings. The lowest BCUT2D eigenvalue weighted by molar-refractivity contribution is -0.143. The normalized spacial score (nSPS) is 14.8. The second-order valence-corrected chi connectivity index (χ2v) is 8.42. The Bertz CT molecular complexity index is 971. The van der Waals surface area contributed by atoms with Crippen molar-refractivity contribution in [1.82, 2.24) is 16.0 Å². The van der Waals surface area contributed by atoms with Crippen molar-refractivity contribution in [2.24, 2.45) is 11.5 Å². The summed E-state index contributed by atoms with van der Waals surface area (Å²) in [7, 11) is 0. The van der Waals surface area contributed by atoms with Crippen molar-refractivity contribution in [2.45, 2.75) is 69.3 Å². The number of primary amides is 1. The molecule has 0 aliphatic carbocycles. The van der Waals surface area contributed by atoms with Crippen LogP contribution in [0.1, 0.15) is 38.2 Å². The summed E-state index contributed by atoms with van der Waals surface area (Å²) < 4.78 is 0. The van der Waals surface area contributed by atoms with Crippen LogP contribution in [0.15, 0.2) is 30.3 Å². The number of aliphatic hydroxyl groups is 1. The summed E-state index contributed by atoms with van der Waals surface area (Å²) >= 11 is 0. The fourth-order valence-electron chi connectivity index (χ4n) is 3.21. The summed E-state index contributed by atoms with van der Waals surface area (Å²) in [5.41, 5.74) is 11.3. The molecule has 5 atom stereocenters. The van der Waals surface area contributed by atoms with Crippen LogP contribution in [0.3, 0.4) is 0 Å². The SMILES string of the molecule is CC(O)C(NC(=O)C(N)CCC(N)=O)C(=O)NC(Cc1ccccc1)C(=O)NC(CCC(=O)O)C(=O)O. The summed E-state index contributed by atoms with van der Waals surface area (Å²) in [4.78, 5) is 71.6. The molecule has 1 aromatic rings. The van der Waals surface area contributed by atoms with Gasteiger partial charge in [0.1, 0.15) is 18.1 Å². The molecule has 0 bridgehead atoms. The summed E-state index contributed by atoms with van der Waals surface area (Å²) in [6.45, 7) is 1.22. The van der Waals surface area contributed by atoms with E-state index >= 15 is 0 Å². The predicted octanol–water partition coefficient (Wildman–Crippen LogP) is -2.39. The third kappa shape index (κ3) is 11.5. The highest BCUT2D eigenvalue weighted by Crippen LogP contribution is 2.07. The molecule has 0 spiro atoms. The molecule has 1 aromatic carbocycles. The Morgan fingerprint density at radius 2 is 1.43 bits per heavy atom. The molecule has 10 N–H and O–H groups in total. The molecular formula is C23H33N5O9. The number of carboxylic acid groups (broad SMARTS) is 2. The number of nitrogens with two attached hydrogens (primary N) is 2. The van der Waals surface area contributed by atoms with Crippen LogP contribution >= 0.6 is 0 Å².